The van der Waals surface area contributed by atoms with Crippen LogP contribution in [0.25, 0.3) is 0 Å². The highest BCUT2D eigenvalue weighted by Gasteiger charge is 2.30. The maximum Gasteiger partial charge on any atom is 0.0553 e. The van der Waals surface area contributed by atoms with Crippen LogP contribution in [0.4, 0.5) is 0 Å². The van der Waals surface area contributed by atoms with Gasteiger partial charge in [-0.15, -0.1) is 0 Å². The van der Waals surface area contributed by atoms with Crippen molar-refractivity contribution in [1.29, 1.82) is 0 Å². The summed E-state index contributed by atoms with van der Waals surface area (Å²) < 4.78 is 5.23. The summed E-state index contributed by atoms with van der Waals surface area (Å²) in [6.07, 6.45) is 9.84. The van der Waals surface area contributed by atoms with Gasteiger partial charge in [0.25, 0.3) is 0 Å². The maximum absolute atomic E-state index is 5.23. The first kappa shape index (κ1) is 8.79. The Morgan fingerprint density at radius 3 is 2.45 bits per heavy atom. The lowest BCUT2D eigenvalue weighted by molar-refractivity contribution is 0.115. The van der Waals surface area contributed by atoms with Crippen LogP contribution < -0.4 is 0 Å². The molecule has 0 aromatic rings. The Bertz CT molecular complexity index is 132. The predicted octanol–water partition coefficient (Wildman–Crippen LogP) is 2.77. The van der Waals surface area contributed by atoms with Gasteiger partial charge in [0, 0.05) is 12.5 Å². The summed E-state index contributed by atoms with van der Waals surface area (Å²) in [5.41, 5.74) is 0.392. The summed E-state index contributed by atoms with van der Waals surface area (Å²) in [5, 5.41) is 0. The quantitative estimate of drug-likeness (QED) is 0.568. The molecule has 0 aliphatic heterocycles. The van der Waals surface area contributed by atoms with E-state index >= 15 is 0 Å². The van der Waals surface area contributed by atoms with E-state index in [1.54, 1.807) is 7.11 Å². The maximum atomic E-state index is 5.23. The summed E-state index contributed by atoms with van der Waals surface area (Å²) in [6.45, 7) is 2.99. The summed E-state index contributed by atoms with van der Waals surface area (Å²) in [7, 11) is 1.80. The van der Waals surface area contributed by atoms with Gasteiger partial charge < -0.3 is 4.74 Å². The van der Waals surface area contributed by atoms with Gasteiger partial charge in [-0.1, -0.05) is 25.0 Å². The zero-order valence-corrected chi connectivity index (χ0v) is 7.60. The second kappa shape index (κ2) is 3.91. The van der Waals surface area contributed by atoms with E-state index in [0.29, 0.717) is 5.41 Å². The van der Waals surface area contributed by atoms with Crippen molar-refractivity contribution < 1.29 is 4.74 Å². The summed E-state index contributed by atoms with van der Waals surface area (Å²) >= 11 is 0. The van der Waals surface area contributed by atoms with Gasteiger partial charge in [-0.05, 0) is 19.8 Å². The molecule has 1 saturated carbocycles. The van der Waals surface area contributed by atoms with E-state index < -0.39 is 0 Å². The number of hydrogen-bond donors (Lipinski definition) is 0. The van der Waals surface area contributed by atoms with Crippen LogP contribution in [0.5, 0.6) is 0 Å². The van der Waals surface area contributed by atoms with E-state index in [2.05, 4.69) is 19.1 Å². The lowest BCUT2D eigenvalue weighted by atomic mass is 9.87. The third-order valence-corrected chi connectivity index (χ3v) is 2.55. The van der Waals surface area contributed by atoms with Gasteiger partial charge in [-0.25, -0.2) is 0 Å². The third-order valence-electron chi connectivity index (χ3n) is 2.55. The molecule has 0 radical (unpaired) electrons. The highest BCUT2D eigenvalue weighted by Crippen LogP contribution is 2.39. The number of methoxy groups -OCH3 is 1. The minimum Gasteiger partial charge on any atom is -0.384 e. The highest BCUT2D eigenvalue weighted by molar-refractivity contribution is 5.01. The predicted molar refractivity (Wildman–Crippen MR) is 47.6 cm³/mol. The number of allylic oxidation sites excluding steroid dienone is 1. The van der Waals surface area contributed by atoms with Crippen molar-refractivity contribution in [2.45, 2.75) is 32.6 Å². The first-order valence-electron chi connectivity index (χ1n) is 4.46. The van der Waals surface area contributed by atoms with E-state index in [9.17, 15) is 0 Å². The molecule has 0 saturated heterocycles. The molecule has 0 heterocycles. The van der Waals surface area contributed by atoms with Crippen molar-refractivity contribution in [1.82, 2.24) is 0 Å². The molecule has 0 atom stereocenters. The molecule has 0 bridgehead atoms. The Balaban J connectivity index is 2.54. The van der Waals surface area contributed by atoms with Crippen molar-refractivity contribution in [2.75, 3.05) is 13.7 Å². The van der Waals surface area contributed by atoms with E-state index in [1.165, 1.54) is 25.7 Å². The van der Waals surface area contributed by atoms with E-state index in [0.717, 1.165) is 6.61 Å². The summed E-state index contributed by atoms with van der Waals surface area (Å²) in [5.74, 6) is 0. The smallest absolute Gasteiger partial charge is 0.0553 e. The SMILES string of the molecule is C/C=C/C1(COC)CCCC1. The molecule has 1 aliphatic carbocycles. The van der Waals surface area contributed by atoms with Gasteiger partial charge in [-0.2, -0.15) is 0 Å². The molecule has 0 N–H and O–H groups in total. The van der Waals surface area contributed by atoms with Crippen molar-refractivity contribution in [2.24, 2.45) is 5.41 Å². The molecule has 1 aliphatic rings. The van der Waals surface area contributed by atoms with Gasteiger partial charge >= 0.3 is 0 Å². The fourth-order valence-electron chi connectivity index (χ4n) is 2.08. The lowest BCUT2D eigenvalue weighted by Gasteiger charge is -2.23. The molecule has 1 nitrogen and oxygen atoms in total. The minimum absolute atomic E-state index is 0.392. The van der Waals surface area contributed by atoms with Gasteiger partial charge in [-0.3, -0.25) is 0 Å². The molecule has 1 heteroatoms. The molecule has 11 heavy (non-hydrogen) atoms. The van der Waals surface area contributed by atoms with Crippen molar-refractivity contribution in [3.63, 3.8) is 0 Å². The van der Waals surface area contributed by atoms with E-state index in [4.69, 9.17) is 4.74 Å². The van der Waals surface area contributed by atoms with Gasteiger partial charge in [0.2, 0.25) is 0 Å². The van der Waals surface area contributed by atoms with Crippen LogP contribution in [0.15, 0.2) is 12.2 Å². The lowest BCUT2D eigenvalue weighted by Crippen LogP contribution is -2.19. The Morgan fingerprint density at radius 2 is 2.00 bits per heavy atom. The van der Waals surface area contributed by atoms with Crippen LogP contribution in [0, 0.1) is 5.41 Å². The Labute approximate surface area is 69.4 Å². The van der Waals surface area contributed by atoms with Crippen LogP contribution in [0.1, 0.15) is 32.6 Å². The van der Waals surface area contributed by atoms with Crippen molar-refractivity contribution in [3.05, 3.63) is 12.2 Å². The fourth-order valence-corrected chi connectivity index (χ4v) is 2.08. The molecule has 0 aromatic heterocycles. The monoisotopic (exact) mass is 154 g/mol. The van der Waals surface area contributed by atoms with Crippen LogP contribution in [-0.4, -0.2) is 13.7 Å². The molecule has 0 spiro atoms. The first-order chi connectivity index (χ1) is 5.33. The van der Waals surface area contributed by atoms with Gasteiger partial charge in [0.05, 0.1) is 6.61 Å². The minimum atomic E-state index is 0.392. The van der Waals surface area contributed by atoms with Crippen molar-refractivity contribution in [3.8, 4) is 0 Å². The topological polar surface area (TPSA) is 9.23 Å². The standard InChI is InChI=1S/C10H18O/c1-3-6-10(9-11-2)7-4-5-8-10/h3,6H,4-5,7-9H2,1-2H3/b6-3+. The summed E-state index contributed by atoms with van der Waals surface area (Å²) in [6, 6.07) is 0. The van der Waals surface area contributed by atoms with E-state index in [-0.39, 0.29) is 0 Å². The highest BCUT2D eigenvalue weighted by atomic mass is 16.5. The number of hydrogen-bond acceptors (Lipinski definition) is 1. The zero-order chi connectivity index (χ0) is 8.16. The van der Waals surface area contributed by atoms with Gasteiger partial charge in [0.15, 0.2) is 0 Å². The largest absolute Gasteiger partial charge is 0.384 e. The molecule has 1 fully saturated rings. The normalized spacial score (nSPS) is 23.1. The molecular formula is C10H18O. The first-order valence-corrected chi connectivity index (χ1v) is 4.46. The zero-order valence-electron chi connectivity index (χ0n) is 7.60. The molecular weight excluding hydrogens is 136 g/mol. The Kier molecular flexibility index (Phi) is 3.13. The molecule has 0 unspecified atom stereocenters. The van der Waals surface area contributed by atoms with Crippen LogP contribution in [-0.2, 0) is 4.74 Å². The van der Waals surface area contributed by atoms with Crippen LogP contribution in [0.3, 0.4) is 0 Å². The molecule has 1 rings (SSSR count). The van der Waals surface area contributed by atoms with E-state index in [1.807, 2.05) is 0 Å². The average molecular weight is 154 g/mol. The second-order valence-electron chi connectivity index (χ2n) is 3.50. The molecule has 0 aromatic carbocycles. The van der Waals surface area contributed by atoms with Gasteiger partial charge in [0.1, 0.15) is 0 Å². The van der Waals surface area contributed by atoms with Crippen molar-refractivity contribution >= 4 is 0 Å². The van der Waals surface area contributed by atoms with Crippen LogP contribution in [0.2, 0.25) is 0 Å². The van der Waals surface area contributed by atoms with Crippen LogP contribution >= 0.6 is 0 Å². The molecule has 0 amide bonds. The number of ether oxygens (including phenoxy) is 1. The Morgan fingerprint density at radius 1 is 1.36 bits per heavy atom. The second-order valence-corrected chi connectivity index (χ2v) is 3.50. The molecule has 64 valence electrons. The number of rotatable bonds is 3. The Hall–Kier alpha value is -0.300. The average Bonchev–Trinajstić information content (AvgIpc) is 2.39. The fraction of sp³-hybridized carbons (Fsp3) is 0.800. The third kappa shape index (κ3) is 2.06. The summed E-state index contributed by atoms with van der Waals surface area (Å²) in [4.78, 5) is 0.